The molecule has 1 radical (unpaired) electrons. The van der Waals surface area contributed by atoms with Gasteiger partial charge < -0.3 is 8.60 Å². The molecule has 0 atom stereocenters. The van der Waals surface area contributed by atoms with Gasteiger partial charge in [0.05, 0.1) is 0 Å². The zero-order valence-corrected chi connectivity index (χ0v) is 12.7. The van der Waals surface area contributed by atoms with Crippen molar-refractivity contribution in [2.24, 2.45) is 0 Å². The summed E-state index contributed by atoms with van der Waals surface area (Å²) in [6, 6.07) is 6.80. The molecule has 8 heteroatoms. The minimum absolute atomic E-state index is 0. The summed E-state index contributed by atoms with van der Waals surface area (Å²) in [5, 5.41) is 0.613. The zero-order valence-electron chi connectivity index (χ0n) is 8.78. The fourth-order valence-electron chi connectivity index (χ4n) is 1.21. The van der Waals surface area contributed by atoms with Crippen molar-refractivity contribution in [2.45, 2.75) is 0 Å². The first-order chi connectivity index (χ1) is 7.44. The molecule has 1 heterocycles. The maximum atomic E-state index is 10.9. The summed E-state index contributed by atoms with van der Waals surface area (Å²) >= 11 is 0. The van der Waals surface area contributed by atoms with Gasteiger partial charge in [-0.05, 0) is 18.2 Å². The molecule has 2 rings (SSSR count). The van der Waals surface area contributed by atoms with E-state index in [0.717, 1.165) is 0 Å². The molecule has 0 bridgehead atoms. The fourth-order valence-corrected chi connectivity index (χ4v) is 1.56. The van der Waals surface area contributed by atoms with Crippen LogP contribution in [-0.4, -0.2) is 64.4 Å². The smallest absolute Gasteiger partial charge is 0.423 e. The molecule has 17 heavy (non-hydrogen) atoms. The molecule has 1 aromatic heterocycles. The van der Waals surface area contributed by atoms with Gasteiger partial charge in [0.15, 0.2) is 0 Å². The SMILES string of the molecule is O=c1ccc2ccc(OS(=O)(=O)O)cc2o1.[K]. The van der Waals surface area contributed by atoms with E-state index in [0.29, 0.717) is 5.39 Å². The van der Waals surface area contributed by atoms with E-state index < -0.39 is 16.0 Å². The second-order valence-electron chi connectivity index (χ2n) is 2.97. The maximum Gasteiger partial charge on any atom is 0.446 e. The van der Waals surface area contributed by atoms with Crippen LogP contribution in [0.3, 0.4) is 0 Å². The molecule has 0 unspecified atom stereocenters. The first-order valence-corrected chi connectivity index (χ1v) is 5.51. The summed E-state index contributed by atoms with van der Waals surface area (Å²) in [5.41, 5.74) is -0.384. The summed E-state index contributed by atoms with van der Waals surface area (Å²) in [5.74, 6) is -0.135. The predicted molar refractivity (Wildman–Crippen MR) is 60.4 cm³/mol. The number of hydrogen-bond donors (Lipinski definition) is 1. The Hall–Kier alpha value is -0.224. The van der Waals surface area contributed by atoms with Crippen LogP contribution < -0.4 is 9.81 Å². The summed E-state index contributed by atoms with van der Waals surface area (Å²) in [6.45, 7) is 0. The molecule has 0 aliphatic rings. The van der Waals surface area contributed by atoms with Crippen molar-refractivity contribution in [3.05, 3.63) is 40.8 Å². The van der Waals surface area contributed by atoms with Gasteiger partial charge in [0, 0.05) is 68.9 Å². The quantitative estimate of drug-likeness (QED) is 0.492. The minimum Gasteiger partial charge on any atom is -0.423 e. The average molecular weight is 281 g/mol. The van der Waals surface area contributed by atoms with Crippen LogP contribution in [0.25, 0.3) is 11.0 Å². The minimum atomic E-state index is -4.58. The third-order valence-corrected chi connectivity index (χ3v) is 2.20. The molecule has 0 saturated heterocycles. The van der Waals surface area contributed by atoms with E-state index in [9.17, 15) is 13.2 Å². The van der Waals surface area contributed by atoms with Crippen molar-refractivity contribution in [3.8, 4) is 5.75 Å². The van der Waals surface area contributed by atoms with Gasteiger partial charge in [0.1, 0.15) is 11.3 Å². The normalized spacial score (nSPS) is 10.9. The molecule has 1 N–H and O–H groups in total. The second kappa shape index (κ2) is 5.61. The summed E-state index contributed by atoms with van der Waals surface area (Å²) < 4.78 is 38.4. The standard InChI is InChI=1S/C9H6O6S.K/c10-9-4-2-6-1-3-7(5-8(6)14-9)15-16(11,12)13;/h1-5H,(H,11,12,13);. The van der Waals surface area contributed by atoms with E-state index in [1.54, 1.807) is 0 Å². The van der Waals surface area contributed by atoms with Crippen LogP contribution in [0, 0.1) is 0 Å². The average Bonchev–Trinajstić information content (AvgIpc) is 2.14. The van der Waals surface area contributed by atoms with E-state index in [2.05, 4.69) is 4.18 Å². The van der Waals surface area contributed by atoms with Gasteiger partial charge in [-0.2, -0.15) is 8.42 Å². The summed E-state index contributed by atoms with van der Waals surface area (Å²) in [7, 11) is -4.58. The van der Waals surface area contributed by atoms with Crippen LogP contribution in [0.15, 0.2) is 39.5 Å². The van der Waals surface area contributed by atoms with E-state index in [1.165, 1.54) is 30.3 Å². The molecule has 0 amide bonds. The largest absolute Gasteiger partial charge is 0.446 e. The van der Waals surface area contributed by atoms with Gasteiger partial charge in [-0.15, -0.1) is 0 Å². The van der Waals surface area contributed by atoms with E-state index >= 15 is 0 Å². The van der Waals surface area contributed by atoms with Crippen LogP contribution in [0.1, 0.15) is 0 Å². The molecule has 85 valence electrons. The molecule has 0 aliphatic heterocycles. The Kier molecular flexibility index (Phi) is 4.90. The predicted octanol–water partition coefficient (Wildman–Crippen LogP) is 0.594. The zero-order chi connectivity index (χ0) is 11.8. The maximum absolute atomic E-state index is 10.9. The van der Waals surface area contributed by atoms with Gasteiger partial charge in [-0.3, -0.25) is 4.55 Å². The Balaban J connectivity index is 0.00000144. The first kappa shape index (κ1) is 14.8. The van der Waals surface area contributed by atoms with Crippen molar-refractivity contribution in [2.75, 3.05) is 0 Å². The van der Waals surface area contributed by atoms with Gasteiger partial charge in [-0.1, -0.05) is 0 Å². The molecular weight excluding hydrogens is 275 g/mol. The molecular formula is C9H6KO6S. The number of benzene rings is 1. The molecule has 0 saturated carbocycles. The monoisotopic (exact) mass is 281 g/mol. The Morgan fingerprint density at radius 2 is 1.82 bits per heavy atom. The van der Waals surface area contributed by atoms with E-state index in [4.69, 9.17) is 8.97 Å². The van der Waals surface area contributed by atoms with Crippen molar-refractivity contribution in [1.82, 2.24) is 0 Å². The summed E-state index contributed by atoms with van der Waals surface area (Å²) in [4.78, 5) is 10.9. The summed E-state index contributed by atoms with van der Waals surface area (Å²) in [6.07, 6.45) is 0. The molecule has 2 aromatic rings. The first-order valence-electron chi connectivity index (χ1n) is 4.15. The Labute approximate surface area is 139 Å². The van der Waals surface area contributed by atoms with Gasteiger partial charge in [0.2, 0.25) is 0 Å². The van der Waals surface area contributed by atoms with Gasteiger partial charge >= 0.3 is 16.0 Å². The molecule has 1 aromatic carbocycles. The van der Waals surface area contributed by atoms with Gasteiger partial charge in [-0.25, -0.2) is 4.79 Å². The molecule has 6 nitrogen and oxygen atoms in total. The molecule has 0 aliphatic carbocycles. The van der Waals surface area contributed by atoms with Crippen LogP contribution >= 0.6 is 0 Å². The number of fused-ring (bicyclic) bond motifs is 1. The van der Waals surface area contributed by atoms with Crippen LogP contribution in [-0.2, 0) is 10.4 Å². The molecule has 0 spiro atoms. The van der Waals surface area contributed by atoms with Gasteiger partial charge in [0.25, 0.3) is 0 Å². The number of hydrogen-bond acceptors (Lipinski definition) is 5. The van der Waals surface area contributed by atoms with Crippen LogP contribution in [0.2, 0.25) is 0 Å². The van der Waals surface area contributed by atoms with E-state index in [1.807, 2.05) is 0 Å². The van der Waals surface area contributed by atoms with E-state index in [-0.39, 0.29) is 62.7 Å². The topological polar surface area (TPSA) is 93.8 Å². The Morgan fingerprint density at radius 3 is 2.47 bits per heavy atom. The third kappa shape index (κ3) is 4.18. The second-order valence-corrected chi connectivity index (χ2v) is 3.99. The van der Waals surface area contributed by atoms with Crippen molar-refractivity contribution in [1.29, 1.82) is 0 Å². The van der Waals surface area contributed by atoms with Crippen molar-refractivity contribution < 1.29 is 21.6 Å². The third-order valence-electron chi connectivity index (χ3n) is 1.80. The fraction of sp³-hybridized carbons (Fsp3) is 0. The van der Waals surface area contributed by atoms with Crippen LogP contribution in [0.4, 0.5) is 0 Å². The Bertz CT molecular complexity index is 690. The number of rotatable bonds is 2. The van der Waals surface area contributed by atoms with Crippen LogP contribution in [0.5, 0.6) is 5.75 Å². The van der Waals surface area contributed by atoms with Crippen molar-refractivity contribution in [3.63, 3.8) is 0 Å². The molecule has 0 fully saturated rings. The van der Waals surface area contributed by atoms with Crippen molar-refractivity contribution >= 4 is 72.8 Å². The Morgan fingerprint density at radius 1 is 1.18 bits per heavy atom.